The van der Waals surface area contributed by atoms with Gasteiger partial charge in [-0.1, -0.05) is 13.8 Å². The first kappa shape index (κ1) is 17.3. The number of carbonyl (C=O) groups is 1. The van der Waals surface area contributed by atoms with E-state index in [0.29, 0.717) is 12.5 Å². The van der Waals surface area contributed by atoms with Crippen LogP contribution in [0.2, 0.25) is 0 Å². The van der Waals surface area contributed by atoms with Crippen LogP contribution >= 0.6 is 0 Å². The van der Waals surface area contributed by atoms with Gasteiger partial charge in [-0.05, 0) is 44.0 Å². The minimum Gasteiger partial charge on any atom is -0.481 e. The van der Waals surface area contributed by atoms with Crippen molar-refractivity contribution in [3.8, 4) is 0 Å². The van der Waals surface area contributed by atoms with E-state index in [4.69, 9.17) is 5.11 Å². The predicted molar refractivity (Wildman–Crippen MR) is 89.3 cm³/mol. The summed E-state index contributed by atoms with van der Waals surface area (Å²) in [6.45, 7) is 12.0. The molecule has 0 saturated carbocycles. The maximum atomic E-state index is 10.8. The molecule has 4 nitrogen and oxygen atoms in total. The fraction of sp³-hybridized carbons (Fsp3) is 0.588. The van der Waals surface area contributed by atoms with E-state index in [9.17, 15) is 4.79 Å². The van der Waals surface area contributed by atoms with Crippen molar-refractivity contribution >= 4 is 17.3 Å². The van der Waals surface area contributed by atoms with Crippen LogP contribution in [0, 0.1) is 5.92 Å². The minimum atomic E-state index is -0.747. The molecule has 0 aromatic heterocycles. The van der Waals surface area contributed by atoms with E-state index in [2.05, 4.69) is 61.8 Å². The average molecular weight is 292 g/mol. The number of hydrogen-bond acceptors (Lipinski definition) is 3. The van der Waals surface area contributed by atoms with Gasteiger partial charge in [0, 0.05) is 37.6 Å². The molecular formula is C17H28N2O2. The molecule has 4 heteroatoms. The van der Waals surface area contributed by atoms with E-state index >= 15 is 0 Å². The second-order valence-electron chi connectivity index (χ2n) is 5.67. The summed E-state index contributed by atoms with van der Waals surface area (Å²) in [7, 11) is 0. The first-order valence-corrected chi connectivity index (χ1v) is 7.79. The number of aliphatic carboxylic acids is 1. The Morgan fingerprint density at radius 3 is 1.90 bits per heavy atom. The molecule has 1 rings (SSSR count). The first-order valence-electron chi connectivity index (χ1n) is 7.79. The van der Waals surface area contributed by atoms with E-state index in [1.807, 2.05) is 0 Å². The maximum absolute atomic E-state index is 10.8. The van der Waals surface area contributed by atoms with Gasteiger partial charge in [0.25, 0.3) is 0 Å². The molecule has 0 spiro atoms. The Labute approximate surface area is 128 Å². The molecule has 1 N–H and O–H groups in total. The van der Waals surface area contributed by atoms with Crippen LogP contribution in [0.4, 0.5) is 11.4 Å². The standard InChI is InChI=1S/C17H28N2O2/c1-5-18(6-2)15-7-9-16(10-8-15)19(13-14(3)4)12-11-17(20)21/h7-10,14H,5-6,11-13H2,1-4H3,(H,20,21). The van der Waals surface area contributed by atoms with Crippen LogP contribution in [-0.4, -0.2) is 37.3 Å². The molecule has 1 aromatic carbocycles. The van der Waals surface area contributed by atoms with Gasteiger partial charge in [-0.2, -0.15) is 0 Å². The lowest BCUT2D eigenvalue weighted by Crippen LogP contribution is -2.30. The zero-order valence-corrected chi connectivity index (χ0v) is 13.7. The van der Waals surface area contributed by atoms with Gasteiger partial charge in [0.2, 0.25) is 0 Å². The Balaban J connectivity index is 2.84. The van der Waals surface area contributed by atoms with Crippen molar-refractivity contribution in [2.24, 2.45) is 5.92 Å². The van der Waals surface area contributed by atoms with E-state index in [1.165, 1.54) is 5.69 Å². The molecule has 118 valence electrons. The first-order chi connectivity index (χ1) is 9.97. The summed E-state index contributed by atoms with van der Waals surface area (Å²) in [5.41, 5.74) is 2.31. The van der Waals surface area contributed by atoms with E-state index in [0.717, 1.165) is 25.3 Å². The topological polar surface area (TPSA) is 43.8 Å². The third-order valence-corrected chi connectivity index (χ3v) is 3.52. The highest BCUT2D eigenvalue weighted by Gasteiger charge is 2.11. The Bertz CT molecular complexity index is 425. The summed E-state index contributed by atoms with van der Waals surface area (Å²) in [5.74, 6) is -0.246. The zero-order valence-electron chi connectivity index (χ0n) is 13.7. The zero-order chi connectivity index (χ0) is 15.8. The molecule has 0 atom stereocenters. The largest absolute Gasteiger partial charge is 0.481 e. The van der Waals surface area contributed by atoms with Crippen LogP contribution in [0.25, 0.3) is 0 Å². The monoisotopic (exact) mass is 292 g/mol. The Morgan fingerprint density at radius 1 is 1.05 bits per heavy atom. The number of carboxylic acids is 1. The molecule has 0 saturated heterocycles. The second kappa shape index (κ2) is 8.55. The van der Waals surface area contributed by atoms with Gasteiger partial charge in [0.1, 0.15) is 0 Å². The third kappa shape index (κ3) is 5.66. The van der Waals surface area contributed by atoms with Gasteiger partial charge in [0.05, 0.1) is 6.42 Å². The second-order valence-corrected chi connectivity index (χ2v) is 5.67. The third-order valence-electron chi connectivity index (χ3n) is 3.52. The lowest BCUT2D eigenvalue weighted by Gasteiger charge is -2.27. The maximum Gasteiger partial charge on any atom is 0.305 e. The lowest BCUT2D eigenvalue weighted by molar-refractivity contribution is -0.136. The minimum absolute atomic E-state index is 0.171. The molecular weight excluding hydrogens is 264 g/mol. The Kier molecular flexibility index (Phi) is 7.06. The molecule has 0 radical (unpaired) electrons. The van der Waals surface area contributed by atoms with Gasteiger partial charge in [-0.3, -0.25) is 4.79 Å². The van der Waals surface area contributed by atoms with Crippen LogP contribution < -0.4 is 9.80 Å². The fourth-order valence-corrected chi connectivity index (χ4v) is 2.46. The molecule has 0 bridgehead atoms. The number of anilines is 2. The van der Waals surface area contributed by atoms with Gasteiger partial charge in [0.15, 0.2) is 0 Å². The molecule has 21 heavy (non-hydrogen) atoms. The highest BCUT2D eigenvalue weighted by molar-refractivity contribution is 5.68. The summed E-state index contributed by atoms with van der Waals surface area (Å²) in [6, 6.07) is 8.43. The normalized spacial score (nSPS) is 10.7. The van der Waals surface area contributed by atoms with Crippen molar-refractivity contribution in [1.82, 2.24) is 0 Å². The number of benzene rings is 1. The summed E-state index contributed by atoms with van der Waals surface area (Å²) in [6.07, 6.45) is 0.171. The number of hydrogen-bond donors (Lipinski definition) is 1. The van der Waals surface area contributed by atoms with Gasteiger partial charge in [-0.25, -0.2) is 0 Å². The summed E-state index contributed by atoms with van der Waals surface area (Å²) in [4.78, 5) is 15.3. The van der Waals surface area contributed by atoms with Crippen molar-refractivity contribution in [3.63, 3.8) is 0 Å². The highest BCUT2D eigenvalue weighted by Crippen LogP contribution is 2.22. The number of nitrogens with zero attached hydrogens (tertiary/aromatic N) is 2. The van der Waals surface area contributed by atoms with Crippen LogP contribution in [0.3, 0.4) is 0 Å². The van der Waals surface area contributed by atoms with Gasteiger partial charge in [-0.15, -0.1) is 0 Å². The van der Waals surface area contributed by atoms with Crippen molar-refractivity contribution in [2.75, 3.05) is 36.0 Å². The molecule has 1 aromatic rings. The predicted octanol–water partition coefficient (Wildman–Crippen LogP) is 3.47. The molecule has 0 unspecified atom stereocenters. The van der Waals surface area contributed by atoms with Gasteiger partial charge >= 0.3 is 5.97 Å². The highest BCUT2D eigenvalue weighted by atomic mass is 16.4. The van der Waals surface area contributed by atoms with Gasteiger partial charge < -0.3 is 14.9 Å². The van der Waals surface area contributed by atoms with Crippen LogP contribution in [0.5, 0.6) is 0 Å². The van der Waals surface area contributed by atoms with Crippen LogP contribution in [0.15, 0.2) is 24.3 Å². The number of carboxylic acid groups (broad SMARTS) is 1. The van der Waals surface area contributed by atoms with Crippen molar-refractivity contribution in [1.29, 1.82) is 0 Å². The smallest absolute Gasteiger partial charge is 0.305 e. The summed E-state index contributed by atoms with van der Waals surface area (Å²) in [5, 5.41) is 8.89. The van der Waals surface area contributed by atoms with E-state index in [-0.39, 0.29) is 6.42 Å². The number of rotatable bonds is 9. The molecule has 0 aliphatic heterocycles. The molecule has 0 heterocycles. The molecule has 0 aliphatic carbocycles. The van der Waals surface area contributed by atoms with E-state index < -0.39 is 5.97 Å². The fourth-order valence-electron chi connectivity index (χ4n) is 2.46. The SMILES string of the molecule is CCN(CC)c1ccc(N(CCC(=O)O)CC(C)C)cc1. The summed E-state index contributed by atoms with van der Waals surface area (Å²) < 4.78 is 0. The van der Waals surface area contributed by atoms with E-state index in [1.54, 1.807) is 0 Å². The Morgan fingerprint density at radius 2 is 1.52 bits per heavy atom. The lowest BCUT2D eigenvalue weighted by atomic mass is 10.1. The molecule has 0 amide bonds. The summed E-state index contributed by atoms with van der Waals surface area (Å²) >= 11 is 0. The van der Waals surface area contributed by atoms with Crippen molar-refractivity contribution in [3.05, 3.63) is 24.3 Å². The molecule has 0 fully saturated rings. The molecule has 0 aliphatic rings. The van der Waals surface area contributed by atoms with Crippen molar-refractivity contribution < 1.29 is 9.90 Å². The van der Waals surface area contributed by atoms with Crippen molar-refractivity contribution in [2.45, 2.75) is 34.1 Å². The van der Waals surface area contributed by atoms with Crippen LogP contribution in [-0.2, 0) is 4.79 Å². The van der Waals surface area contributed by atoms with Crippen LogP contribution in [0.1, 0.15) is 34.1 Å². The average Bonchev–Trinajstić information content (AvgIpc) is 2.45. The Hall–Kier alpha value is -1.71. The quantitative estimate of drug-likeness (QED) is 0.757.